The third-order valence-electron chi connectivity index (χ3n) is 3.64. The van der Waals surface area contributed by atoms with E-state index in [1.54, 1.807) is 11.3 Å². The van der Waals surface area contributed by atoms with Crippen molar-refractivity contribution in [2.75, 3.05) is 33.4 Å². The molecular weight excluding hydrogens is 312 g/mol. The minimum absolute atomic E-state index is 0.313. The van der Waals surface area contributed by atoms with Crippen molar-refractivity contribution in [3.8, 4) is 0 Å². The zero-order valence-electron chi connectivity index (χ0n) is 10.8. The van der Waals surface area contributed by atoms with E-state index in [0.717, 1.165) is 25.7 Å². The highest BCUT2D eigenvalue weighted by Crippen LogP contribution is 2.31. The SMILES string of the molecule is CN(CC1CCOCC1)C(CN)c1cscc1Br. The summed E-state index contributed by atoms with van der Waals surface area (Å²) >= 11 is 5.33. The van der Waals surface area contributed by atoms with Crippen molar-refractivity contribution in [1.82, 2.24) is 4.90 Å². The van der Waals surface area contributed by atoms with Crippen LogP contribution in [-0.2, 0) is 4.74 Å². The highest BCUT2D eigenvalue weighted by Gasteiger charge is 2.22. The molecule has 2 N–H and O–H groups in total. The Bertz CT molecular complexity index is 366. The number of hydrogen-bond donors (Lipinski definition) is 1. The average molecular weight is 333 g/mol. The molecule has 0 aliphatic carbocycles. The van der Waals surface area contributed by atoms with Crippen molar-refractivity contribution in [3.63, 3.8) is 0 Å². The fraction of sp³-hybridized carbons (Fsp3) is 0.692. The van der Waals surface area contributed by atoms with Gasteiger partial charge in [-0.3, -0.25) is 4.90 Å². The molecule has 18 heavy (non-hydrogen) atoms. The van der Waals surface area contributed by atoms with Gasteiger partial charge < -0.3 is 10.5 Å². The van der Waals surface area contributed by atoms with Gasteiger partial charge in [-0.2, -0.15) is 11.3 Å². The molecule has 1 atom stereocenters. The van der Waals surface area contributed by atoms with E-state index in [9.17, 15) is 0 Å². The molecular formula is C13H21BrN2OS. The van der Waals surface area contributed by atoms with Crippen molar-refractivity contribution in [2.24, 2.45) is 11.7 Å². The number of rotatable bonds is 5. The maximum Gasteiger partial charge on any atom is 0.0486 e. The van der Waals surface area contributed by atoms with Gasteiger partial charge in [-0.15, -0.1) is 0 Å². The van der Waals surface area contributed by atoms with Gasteiger partial charge in [0.25, 0.3) is 0 Å². The van der Waals surface area contributed by atoms with Crippen LogP contribution in [-0.4, -0.2) is 38.3 Å². The van der Waals surface area contributed by atoms with Gasteiger partial charge in [-0.25, -0.2) is 0 Å². The standard InChI is InChI=1S/C13H21BrN2OS/c1-16(7-10-2-4-17-5-3-10)13(6-15)11-8-18-9-12(11)14/h8-10,13H,2-7,15H2,1H3. The topological polar surface area (TPSA) is 38.5 Å². The lowest BCUT2D eigenvalue weighted by Crippen LogP contribution is -2.35. The molecule has 2 heterocycles. The molecule has 0 aromatic carbocycles. The van der Waals surface area contributed by atoms with E-state index in [4.69, 9.17) is 10.5 Å². The van der Waals surface area contributed by atoms with Gasteiger partial charge in [0.05, 0.1) is 0 Å². The molecule has 1 aliphatic heterocycles. The Morgan fingerprint density at radius 3 is 2.78 bits per heavy atom. The lowest BCUT2D eigenvalue weighted by atomic mass is 9.98. The van der Waals surface area contributed by atoms with E-state index in [-0.39, 0.29) is 0 Å². The summed E-state index contributed by atoms with van der Waals surface area (Å²) in [5, 5.41) is 4.32. The normalized spacial score (nSPS) is 19.3. The Morgan fingerprint density at radius 2 is 2.22 bits per heavy atom. The third kappa shape index (κ3) is 3.54. The maximum atomic E-state index is 5.96. The lowest BCUT2D eigenvalue weighted by molar-refractivity contribution is 0.0507. The van der Waals surface area contributed by atoms with Crippen LogP contribution in [0.15, 0.2) is 15.2 Å². The number of nitrogens with zero attached hydrogens (tertiary/aromatic N) is 1. The molecule has 5 heteroatoms. The van der Waals surface area contributed by atoms with E-state index in [0.29, 0.717) is 12.6 Å². The fourth-order valence-electron chi connectivity index (χ4n) is 2.54. The van der Waals surface area contributed by atoms with Gasteiger partial charge in [0.1, 0.15) is 0 Å². The Labute approximate surface area is 121 Å². The quantitative estimate of drug-likeness (QED) is 0.900. The molecule has 0 amide bonds. The number of nitrogens with two attached hydrogens (primary N) is 1. The molecule has 102 valence electrons. The van der Waals surface area contributed by atoms with E-state index < -0.39 is 0 Å². The van der Waals surface area contributed by atoms with Crippen molar-refractivity contribution >= 4 is 27.3 Å². The molecule has 1 saturated heterocycles. The summed E-state index contributed by atoms with van der Waals surface area (Å²) in [6, 6.07) is 0.313. The van der Waals surface area contributed by atoms with Gasteiger partial charge in [-0.1, -0.05) is 0 Å². The summed E-state index contributed by atoms with van der Waals surface area (Å²) in [7, 11) is 2.18. The zero-order valence-corrected chi connectivity index (χ0v) is 13.2. The number of ether oxygens (including phenoxy) is 1. The Morgan fingerprint density at radius 1 is 1.50 bits per heavy atom. The second-order valence-corrected chi connectivity index (χ2v) is 6.52. The summed E-state index contributed by atoms with van der Waals surface area (Å²) in [5.74, 6) is 0.746. The molecule has 0 bridgehead atoms. The lowest BCUT2D eigenvalue weighted by Gasteiger charge is -2.32. The first kappa shape index (κ1) is 14.5. The summed E-state index contributed by atoms with van der Waals surface area (Å²) < 4.78 is 6.59. The second-order valence-electron chi connectivity index (χ2n) is 4.92. The molecule has 0 saturated carbocycles. The highest BCUT2D eigenvalue weighted by molar-refractivity contribution is 9.10. The van der Waals surface area contributed by atoms with Crippen LogP contribution >= 0.6 is 27.3 Å². The van der Waals surface area contributed by atoms with Crippen LogP contribution in [0.5, 0.6) is 0 Å². The Hall–Kier alpha value is 0.0600. The molecule has 1 unspecified atom stereocenters. The predicted octanol–water partition coefficient (Wildman–Crippen LogP) is 2.87. The van der Waals surface area contributed by atoms with Crippen molar-refractivity contribution in [3.05, 3.63) is 20.8 Å². The van der Waals surface area contributed by atoms with Crippen LogP contribution < -0.4 is 5.73 Å². The summed E-state index contributed by atoms with van der Waals surface area (Å²) in [6.07, 6.45) is 2.35. The van der Waals surface area contributed by atoms with Gasteiger partial charge in [-0.05, 0) is 52.7 Å². The first-order valence-electron chi connectivity index (χ1n) is 6.42. The summed E-state index contributed by atoms with van der Waals surface area (Å²) in [5.41, 5.74) is 7.27. The van der Waals surface area contributed by atoms with Gasteiger partial charge >= 0.3 is 0 Å². The van der Waals surface area contributed by atoms with Gasteiger partial charge in [0.15, 0.2) is 0 Å². The van der Waals surface area contributed by atoms with Crippen LogP contribution in [0.1, 0.15) is 24.4 Å². The number of halogens is 1. The van der Waals surface area contributed by atoms with Crippen molar-refractivity contribution < 1.29 is 4.74 Å². The van der Waals surface area contributed by atoms with Crippen LogP contribution in [0.4, 0.5) is 0 Å². The van der Waals surface area contributed by atoms with E-state index in [2.05, 4.69) is 38.6 Å². The monoisotopic (exact) mass is 332 g/mol. The van der Waals surface area contributed by atoms with Crippen LogP contribution in [0.25, 0.3) is 0 Å². The fourth-order valence-corrected chi connectivity index (χ4v) is 4.15. The minimum Gasteiger partial charge on any atom is -0.381 e. The van der Waals surface area contributed by atoms with E-state index in [1.807, 2.05) is 0 Å². The van der Waals surface area contributed by atoms with E-state index >= 15 is 0 Å². The largest absolute Gasteiger partial charge is 0.381 e. The predicted molar refractivity (Wildman–Crippen MR) is 80.0 cm³/mol. The Balaban J connectivity index is 1.97. The third-order valence-corrected chi connectivity index (χ3v) is 5.40. The molecule has 0 spiro atoms. The van der Waals surface area contributed by atoms with Crippen LogP contribution in [0.2, 0.25) is 0 Å². The average Bonchev–Trinajstić information content (AvgIpc) is 2.78. The molecule has 1 aromatic rings. The number of likely N-dealkylation sites (N-methyl/N-ethyl adjacent to an activating group) is 1. The van der Waals surface area contributed by atoms with Crippen molar-refractivity contribution in [1.29, 1.82) is 0 Å². The molecule has 0 radical (unpaired) electrons. The number of thiophene rings is 1. The van der Waals surface area contributed by atoms with E-state index in [1.165, 1.54) is 22.9 Å². The molecule has 1 aliphatic rings. The highest BCUT2D eigenvalue weighted by atomic mass is 79.9. The second kappa shape index (κ2) is 7.01. The molecule has 3 nitrogen and oxygen atoms in total. The first-order valence-corrected chi connectivity index (χ1v) is 8.15. The van der Waals surface area contributed by atoms with Crippen molar-refractivity contribution in [2.45, 2.75) is 18.9 Å². The molecule has 1 aromatic heterocycles. The van der Waals surface area contributed by atoms with Gasteiger partial charge in [0.2, 0.25) is 0 Å². The summed E-state index contributed by atoms with van der Waals surface area (Å²) in [4.78, 5) is 2.39. The minimum atomic E-state index is 0.313. The zero-order chi connectivity index (χ0) is 13.0. The summed E-state index contributed by atoms with van der Waals surface area (Å²) in [6.45, 7) is 3.59. The van der Waals surface area contributed by atoms with Crippen LogP contribution in [0.3, 0.4) is 0 Å². The smallest absolute Gasteiger partial charge is 0.0486 e. The first-order chi connectivity index (χ1) is 8.72. The molecule has 1 fully saturated rings. The Kier molecular flexibility index (Phi) is 5.63. The maximum absolute atomic E-state index is 5.96. The van der Waals surface area contributed by atoms with Gasteiger partial charge in [0, 0.05) is 42.2 Å². The molecule has 2 rings (SSSR count). The van der Waals surface area contributed by atoms with Crippen LogP contribution in [0, 0.1) is 5.92 Å². The number of hydrogen-bond acceptors (Lipinski definition) is 4.